The molecule has 0 aliphatic rings. The van der Waals surface area contributed by atoms with Crippen molar-refractivity contribution in [3.8, 4) is 0 Å². The number of imidazole rings is 1. The summed E-state index contributed by atoms with van der Waals surface area (Å²) in [5, 5.41) is 0. The molecular weight excluding hydrogens is 266 g/mol. The summed E-state index contributed by atoms with van der Waals surface area (Å²) in [6.45, 7) is 13.9. The summed E-state index contributed by atoms with van der Waals surface area (Å²) in [4.78, 5) is 18.2. The Labute approximate surface area is 128 Å². The lowest BCUT2D eigenvalue weighted by Gasteiger charge is -2.37. The lowest BCUT2D eigenvalue weighted by Crippen LogP contribution is -2.46. The van der Waals surface area contributed by atoms with Gasteiger partial charge in [-0.1, -0.05) is 6.92 Å². The first-order chi connectivity index (χ1) is 9.50. The lowest BCUT2D eigenvalue weighted by molar-refractivity contribution is 0.00895. The monoisotopic (exact) mass is 295 g/mol. The molecular formula is C16H29N3O2. The van der Waals surface area contributed by atoms with Gasteiger partial charge in [-0.05, 0) is 48.0 Å². The average molecular weight is 295 g/mol. The van der Waals surface area contributed by atoms with E-state index in [9.17, 15) is 4.79 Å². The first-order valence-corrected chi connectivity index (χ1v) is 7.49. The van der Waals surface area contributed by atoms with Crippen LogP contribution in [0.15, 0.2) is 12.5 Å². The molecule has 1 rings (SSSR count). The third-order valence-electron chi connectivity index (χ3n) is 3.86. The molecule has 5 nitrogen and oxygen atoms in total. The second kappa shape index (κ2) is 6.08. The highest BCUT2D eigenvalue weighted by Gasteiger charge is 2.35. The van der Waals surface area contributed by atoms with E-state index < -0.39 is 11.1 Å². The molecule has 1 aromatic heterocycles. The van der Waals surface area contributed by atoms with Crippen molar-refractivity contribution in [2.45, 2.75) is 72.1 Å². The van der Waals surface area contributed by atoms with Crippen molar-refractivity contribution >= 4 is 6.09 Å². The maximum atomic E-state index is 12.3. The molecule has 120 valence electrons. The van der Waals surface area contributed by atoms with Crippen molar-refractivity contribution in [3.63, 3.8) is 0 Å². The van der Waals surface area contributed by atoms with Crippen LogP contribution in [0.2, 0.25) is 0 Å². The molecule has 0 aliphatic heterocycles. The first kappa shape index (κ1) is 17.5. The van der Waals surface area contributed by atoms with Crippen LogP contribution in [0.3, 0.4) is 0 Å². The van der Waals surface area contributed by atoms with E-state index in [0.29, 0.717) is 6.04 Å². The Morgan fingerprint density at radius 2 is 1.95 bits per heavy atom. The van der Waals surface area contributed by atoms with Crippen LogP contribution in [0.1, 0.15) is 66.6 Å². The van der Waals surface area contributed by atoms with Crippen LogP contribution in [0, 0.1) is 0 Å². The molecule has 1 atom stereocenters. The van der Waals surface area contributed by atoms with Gasteiger partial charge < -0.3 is 14.2 Å². The number of nitrogens with zero attached hydrogens (tertiary/aromatic N) is 3. The number of aromatic nitrogens is 2. The summed E-state index contributed by atoms with van der Waals surface area (Å²) < 4.78 is 7.59. The molecule has 0 N–H and O–H groups in total. The fourth-order valence-corrected chi connectivity index (χ4v) is 2.06. The van der Waals surface area contributed by atoms with Crippen LogP contribution in [-0.4, -0.2) is 33.2 Å². The molecule has 0 aliphatic carbocycles. The Morgan fingerprint density at radius 3 is 2.43 bits per heavy atom. The van der Waals surface area contributed by atoms with Crippen molar-refractivity contribution in [3.05, 3.63) is 18.2 Å². The minimum atomic E-state index is -0.502. The van der Waals surface area contributed by atoms with Crippen LogP contribution in [0.4, 0.5) is 4.79 Å². The number of carbonyl (C=O) groups is 1. The molecule has 0 bridgehead atoms. The van der Waals surface area contributed by atoms with Crippen molar-refractivity contribution < 1.29 is 9.53 Å². The smallest absolute Gasteiger partial charge is 0.410 e. The number of amides is 1. The molecule has 0 saturated heterocycles. The van der Waals surface area contributed by atoms with Gasteiger partial charge in [0.25, 0.3) is 0 Å². The maximum absolute atomic E-state index is 12.3. The Balaban J connectivity index is 3.05. The predicted octanol–water partition coefficient (Wildman–Crippen LogP) is 3.96. The number of carbonyl (C=O) groups excluding carboxylic acids is 1. The number of ether oxygens (including phenoxy) is 1. The molecule has 0 saturated carbocycles. The molecule has 1 amide bonds. The van der Waals surface area contributed by atoms with Crippen LogP contribution < -0.4 is 0 Å². The summed E-state index contributed by atoms with van der Waals surface area (Å²) in [6, 6.07) is 0.341. The maximum Gasteiger partial charge on any atom is 0.410 e. The highest BCUT2D eigenvalue weighted by molar-refractivity contribution is 5.69. The zero-order chi connectivity index (χ0) is 16.4. The first-order valence-electron chi connectivity index (χ1n) is 7.49. The molecule has 0 spiro atoms. The Kier molecular flexibility index (Phi) is 5.07. The van der Waals surface area contributed by atoms with E-state index >= 15 is 0 Å². The normalized spacial score (nSPS) is 13.9. The summed E-state index contributed by atoms with van der Waals surface area (Å²) in [5.74, 6) is 0. The lowest BCUT2D eigenvalue weighted by atomic mass is 9.98. The second-order valence-electron chi connectivity index (χ2n) is 7.04. The van der Waals surface area contributed by atoms with E-state index in [-0.39, 0.29) is 6.09 Å². The van der Waals surface area contributed by atoms with Crippen molar-refractivity contribution in [1.29, 1.82) is 0 Å². The largest absolute Gasteiger partial charge is 0.444 e. The van der Waals surface area contributed by atoms with Gasteiger partial charge in [-0.25, -0.2) is 9.78 Å². The van der Waals surface area contributed by atoms with Crippen LogP contribution in [0.25, 0.3) is 0 Å². The van der Waals surface area contributed by atoms with E-state index in [1.165, 1.54) is 0 Å². The summed E-state index contributed by atoms with van der Waals surface area (Å²) in [5.41, 5.74) is 0.00546. The number of hydrogen-bond donors (Lipinski definition) is 0. The Morgan fingerprint density at radius 1 is 1.38 bits per heavy atom. The molecule has 0 radical (unpaired) electrons. The number of hydrogen-bond acceptors (Lipinski definition) is 3. The van der Waals surface area contributed by atoms with Gasteiger partial charge in [-0.15, -0.1) is 0 Å². The van der Waals surface area contributed by atoms with Crippen molar-refractivity contribution in [2.75, 3.05) is 7.05 Å². The molecule has 1 heterocycles. The van der Waals surface area contributed by atoms with Crippen molar-refractivity contribution in [1.82, 2.24) is 14.5 Å². The van der Waals surface area contributed by atoms with Crippen molar-refractivity contribution in [2.24, 2.45) is 0 Å². The average Bonchev–Trinajstić information content (AvgIpc) is 2.84. The van der Waals surface area contributed by atoms with Crippen LogP contribution in [-0.2, 0) is 10.3 Å². The summed E-state index contributed by atoms with van der Waals surface area (Å²) in [7, 11) is 1.77. The molecule has 5 heteroatoms. The minimum absolute atomic E-state index is 0.329. The van der Waals surface area contributed by atoms with E-state index in [1.807, 2.05) is 47.1 Å². The third kappa shape index (κ3) is 3.99. The van der Waals surface area contributed by atoms with E-state index in [4.69, 9.17) is 4.74 Å². The zero-order valence-corrected chi connectivity index (χ0v) is 14.6. The van der Waals surface area contributed by atoms with Gasteiger partial charge in [0.2, 0.25) is 0 Å². The Bertz CT molecular complexity index is 486. The fourth-order valence-electron chi connectivity index (χ4n) is 2.06. The topological polar surface area (TPSA) is 47.4 Å². The van der Waals surface area contributed by atoms with Gasteiger partial charge in [0.15, 0.2) is 0 Å². The summed E-state index contributed by atoms with van der Waals surface area (Å²) in [6.07, 6.45) is 4.33. The van der Waals surface area contributed by atoms with Gasteiger partial charge in [-0.3, -0.25) is 0 Å². The highest BCUT2D eigenvalue weighted by Crippen LogP contribution is 2.30. The minimum Gasteiger partial charge on any atom is -0.444 e. The predicted molar refractivity (Wildman–Crippen MR) is 84.3 cm³/mol. The van der Waals surface area contributed by atoms with E-state index in [0.717, 1.165) is 12.1 Å². The molecule has 0 fully saturated rings. The number of rotatable bonds is 4. The molecule has 1 aromatic rings. The quantitative estimate of drug-likeness (QED) is 0.844. The van der Waals surface area contributed by atoms with Crippen LogP contribution in [0.5, 0.6) is 0 Å². The second-order valence-corrected chi connectivity index (χ2v) is 7.04. The van der Waals surface area contributed by atoms with Gasteiger partial charge in [0.1, 0.15) is 5.60 Å². The molecule has 1 unspecified atom stereocenters. The van der Waals surface area contributed by atoms with E-state index in [1.54, 1.807) is 11.9 Å². The molecule has 21 heavy (non-hydrogen) atoms. The van der Waals surface area contributed by atoms with Crippen LogP contribution >= 0.6 is 0 Å². The van der Waals surface area contributed by atoms with Gasteiger partial charge >= 0.3 is 6.09 Å². The van der Waals surface area contributed by atoms with Gasteiger partial charge in [0, 0.05) is 13.1 Å². The highest BCUT2D eigenvalue weighted by atomic mass is 16.6. The molecule has 0 aromatic carbocycles. The summed E-state index contributed by atoms with van der Waals surface area (Å²) >= 11 is 0. The van der Waals surface area contributed by atoms with Gasteiger partial charge in [0.05, 0.1) is 23.8 Å². The SMILES string of the molecule is CCC(C)n1cncc1C(C)(C)N(C)C(=O)OC(C)(C)C. The van der Waals surface area contributed by atoms with E-state index in [2.05, 4.69) is 23.4 Å². The van der Waals surface area contributed by atoms with Gasteiger partial charge in [-0.2, -0.15) is 0 Å². The third-order valence-corrected chi connectivity index (χ3v) is 3.86. The Hall–Kier alpha value is -1.52. The fraction of sp³-hybridized carbons (Fsp3) is 0.750. The zero-order valence-electron chi connectivity index (χ0n) is 14.6. The standard InChI is InChI=1S/C16H29N3O2/c1-9-12(2)19-11-17-10-13(19)16(6,7)18(8)14(20)21-15(3,4)5/h10-12H,9H2,1-8H3.